The monoisotopic (exact) mass is 284 g/mol. The molecule has 2 rings (SSSR count). The Labute approximate surface area is 112 Å². The lowest BCUT2D eigenvalue weighted by molar-refractivity contribution is 0.0989. The summed E-state index contributed by atoms with van der Waals surface area (Å²) in [7, 11) is 0. The third-order valence-electron chi connectivity index (χ3n) is 2.58. The van der Waals surface area contributed by atoms with Gasteiger partial charge in [0.25, 0.3) is 0 Å². The fraction of sp³-hybridized carbons (Fsp3) is 0.0714. The second-order valence-corrected chi connectivity index (χ2v) is 4.41. The maximum atomic E-state index is 13.5. The molecule has 5 heteroatoms. The van der Waals surface area contributed by atoms with Crippen LogP contribution in [0.15, 0.2) is 36.4 Å². The predicted octanol–water partition coefficient (Wildman–Crippen LogP) is 4.18. The quantitative estimate of drug-likeness (QED) is 0.773. The summed E-state index contributed by atoms with van der Waals surface area (Å²) >= 11 is 5.58. The van der Waals surface area contributed by atoms with Crippen LogP contribution in [0.5, 0.6) is 0 Å². The number of ketones is 1. The Morgan fingerprint density at radius 2 is 1.68 bits per heavy atom. The smallest absolute Gasteiger partial charge is 0.170 e. The highest BCUT2D eigenvalue weighted by atomic mass is 35.5. The van der Waals surface area contributed by atoms with Gasteiger partial charge in [0.2, 0.25) is 0 Å². The first-order chi connectivity index (χ1) is 8.97. The van der Waals surface area contributed by atoms with Gasteiger partial charge in [0.15, 0.2) is 17.4 Å². The first kappa shape index (κ1) is 13.6. The first-order valence-electron chi connectivity index (χ1n) is 5.39. The molecule has 1 nitrogen and oxygen atoms in total. The Morgan fingerprint density at radius 3 is 2.32 bits per heavy atom. The van der Waals surface area contributed by atoms with Crippen molar-refractivity contribution < 1.29 is 18.0 Å². The molecule has 0 aliphatic heterocycles. The van der Waals surface area contributed by atoms with Crippen molar-refractivity contribution in [2.24, 2.45) is 0 Å². The Kier molecular flexibility index (Phi) is 3.90. The van der Waals surface area contributed by atoms with Gasteiger partial charge >= 0.3 is 0 Å². The molecule has 0 heterocycles. The van der Waals surface area contributed by atoms with Crippen LogP contribution in [0.25, 0.3) is 0 Å². The second-order valence-electron chi connectivity index (χ2n) is 3.97. The lowest BCUT2D eigenvalue weighted by Gasteiger charge is -2.04. The minimum absolute atomic E-state index is 0.130. The molecule has 0 saturated carbocycles. The average molecular weight is 285 g/mol. The van der Waals surface area contributed by atoms with Gasteiger partial charge < -0.3 is 0 Å². The second kappa shape index (κ2) is 5.45. The molecule has 2 aromatic rings. The average Bonchev–Trinajstić information content (AvgIpc) is 2.33. The van der Waals surface area contributed by atoms with Crippen molar-refractivity contribution in [2.45, 2.75) is 6.42 Å². The van der Waals surface area contributed by atoms with Crippen molar-refractivity contribution in [3.05, 3.63) is 70.0 Å². The summed E-state index contributed by atoms with van der Waals surface area (Å²) in [4.78, 5) is 11.8. The van der Waals surface area contributed by atoms with Crippen LogP contribution in [0.2, 0.25) is 5.02 Å². The molecule has 2 aromatic carbocycles. The van der Waals surface area contributed by atoms with E-state index in [4.69, 9.17) is 11.6 Å². The van der Waals surface area contributed by atoms with Crippen molar-refractivity contribution in [3.8, 4) is 0 Å². The van der Waals surface area contributed by atoms with Crippen molar-refractivity contribution >= 4 is 17.4 Å². The lowest BCUT2D eigenvalue weighted by Crippen LogP contribution is -2.06. The van der Waals surface area contributed by atoms with Crippen LogP contribution < -0.4 is 0 Å². The van der Waals surface area contributed by atoms with Gasteiger partial charge in [0.05, 0.1) is 5.56 Å². The van der Waals surface area contributed by atoms with Crippen LogP contribution in [0.3, 0.4) is 0 Å². The maximum Gasteiger partial charge on any atom is 0.170 e. The van der Waals surface area contributed by atoms with E-state index in [1.165, 1.54) is 18.2 Å². The molecule has 0 radical (unpaired) electrons. The molecule has 0 bridgehead atoms. The van der Waals surface area contributed by atoms with Gasteiger partial charge in [0.1, 0.15) is 5.82 Å². The Bertz CT molecular complexity index is 641. The highest BCUT2D eigenvalue weighted by molar-refractivity contribution is 6.30. The number of carbonyl (C=O) groups excluding carboxylic acids is 1. The summed E-state index contributed by atoms with van der Waals surface area (Å²) in [6.07, 6.45) is -0.213. The van der Waals surface area contributed by atoms with Crippen LogP contribution >= 0.6 is 11.6 Å². The molecule has 0 N–H and O–H groups in total. The van der Waals surface area contributed by atoms with Gasteiger partial charge in [-0.15, -0.1) is 0 Å². The molecule has 0 aliphatic rings. The molecule has 98 valence electrons. The van der Waals surface area contributed by atoms with Crippen LogP contribution in [0.4, 0.5) is 13.2 Å². The van der Waals surface area contributed by atoms with E-state index in [0.717, 1.165) is 18.2 Å². The Balaban J connectivity index is 2.23. The number of rotatable bonds is 3. The summed E-state index contributed by atoms with van der Waals surface area (Å²) < 4.78 is 39.2. The summed E-state index contributed by atoms with van der Waals surface area (Å²) in [6, 6.07) is 6.81. The fourth-order valence-electron chi connectivity index (χ4n) is 1.65. The van der Waals surface area contributed by atoms with E-state index in [1.54, 1.807) is 0 Å². The van der Waals surface area contributed by atoms with E-state index >= 15 is 0 Å². The molecular weight excluding hydrogens is 277 g/mol. The number of hydrogen-bond donors (Lipinski definition) is 0. The standard InChI is InChI=1S/C14H8ClF3O/c15-9-2-3-10(12(17)7-9)14(19)6-8-1-4-11(16)13(18)5-8/h1-5,7H,6H2. The molecule has 0 saturated heterocycles. The van der Waals surface area contributed by atoms with E-state index in [1.807, 2.05) is 0 Å². The number of halogens is 4. The van der Waals surface area contributed by atoms with E-state index in [0.29, 0.717) is 0 Å². The van der Waals surface area contributed by atoms with Crippen LogP contribution in [0.1, 0.15) is 15.9 Å². The van der Waals surface area contributed by atoms with Crippen molar-refractivity contribution in [1.82, 2.24) is 0 Å². The zero-order valence-electron chi connectivity index (χ0n) is 9.59. The SMILES string of the molecule is O=C(Cc1ccc(F)c(F)c1)c1ccc(Cl)cc1F. The van der Waals surface area contributed by atoms with Crippen LogP contribution in [-0.2, 0) is 6.42 Å². The highest BCUT2D eigenvalue weighted by Gasteiger charge is 2.13. The van der Waals surface area contributed by atoms with Gasteiger partial charge in [-0.1, -0.05) is 17.7 Å². The summed E-state index contributed by atoms with van der Waals surface area (Å²) in [5.41, 5.74) is 0.146. The molecule has 0 aromatic heterocycles. The third kappa shape index (κ3) is 3.15. The molecule has 0 aliphatic carbocycles. The lowest BCUT2D eigenvalue weighted by atomic mass is 10.0. The molecular formula is C14H8ClF3O. The molecule has 0 atom stereocenters. The van der Waals surface area contributed by atoms with Crippen LogP contribution in [-0.4, -0.2) is 5.78 Å². The number of carbonyl (C=O) groups is 1. The van der Waals surface area contributed by atoms with Crippen LogP contribution in [0, 0.1) is 17.5 Å². The van der Waals surface area contributed by atoms with Crippen molar-refractivity contribution in [2.75, 3.05) is 0 Å². The maximum absolute atomic E-state index is 13.5. The zero-order chi connectivity index (χ0) is 14.0. The number of benzene rings is 2. The third-order valence-corrected chi connectivity index (χ3v) is 2.82. The first-order valence-corrected chi connectivity index (χ1v) is 5.77. The van der Waals surface area contributed by atoms with Gasteiger partial charge in [0, 0.05) is 11.4 Å². The Morgan fingerprint density at radius 1 is 0.947 bits per heavy atom. The zero-order valence-corrected chi connectivity index (χ0v) is 10.3. The van der Waals surface area contributed by atoms with Gasteiger partial charge in [-0.3, -0.25) is 4.79 Å². The number of Topliss-reactive ketones (excluding diaryl/α,β-unsaturated/α-hetero) is 1. The van der Waals surface area contributed by atoms with Gasteiger partial charge in [-0.2, -0.15) is 0 Å². The summed E-state index contributed by atoms with van der Waals surface area (Å²) in [5.74, 6) is -3.30. The molecule has 0 unspecified atom stereocenters. The highest BCUT2D eigenvalue weighted by Crippen LogP contribution is 2.17. The molecule has 0 spiro atoms. The fourth-order valence-corrected chi connectivity index (χ4v) is 1.80. The summed E-state index contributed by atoms with van der Waals surface area (Å²) in [5, 5.41) is 0.182. The van der Waals surface area contributed by atoms with Gasteiger partial charge in [-0.05, 0) is 35.9 Å². The predicted molar refractivity (Wildman–Crippen MR) is 65.8 cm³/mol. The molecule has 0 amide bonds. The Hall–Kier alpha value is -1.81. The minimum Gasteiger partial charge on any atom is -0.294 e. The summed E-state index contributed by atoms with van der Waals surface area (Å²) in [6.45, 7) is 0. The van der Waals surface area contributed by atoms with Crippen molar-refractivity contribution in [1.29, 1.82) is 0 Å². The molecule has 19 heavy (non-hydrogen) atoms. The molecule has 0 fully saturated rings. The minimum atomic E-state index is -1.04. The normalized spacial score (nSPS) is 10.5. The largest absolute Gasteiger partial charge is 0.294 e. The van der Waals surface area contributed by atoms with E-state index in [9.17, 15) is 18.0 Å². The topological polar surface area (TPSA) is 17.1 Å². The van der Waals surface area contributed by atoms with Crippen molar-refractivity contribution in [3.63, 3.8) is 0 Å². The van der Waals surface area contributed by atoms with E-state index in [-0.39, 0.29) is 22.6 Å². The number of hydrogen-bond acceptors (Lipinski definition) is 1. The van der Waals surface area contributed by atoms with Gasteiger partial charge in [-0.25, -0.2) is 13.2 Å². The van der Waals surface area contributed by atoms with E-state index in [2.05, 4.69) is 0 Å². The van der Waals surface area contributed by atoms with E-state index < -0.39 is 23.2 Å².